The van der Waals surface area contributed by atoms with Gasteiger partial charge in [-0.2, -0.15) is 0 Å². The van der Waals surface area contributed by atoms with Crippen LogP contribution in [0.2, 0.25) is 0 Å². The minimum atomic E-state index is 0.698. The summed E-state index contributed by atoms with van der Waals surface area (Å²) >= 11 is 0. The normalized spacial score (nSPS) is 25.1. The minimum Gasteiger partial charge on any atom is -0.278 e. The fraction of sp³-hybridized carbons (Fsp3) is 0.917. The Morgan fingerprint density at radius 2 is 2.07 bits per heavy atom. The molecule has 82 valence electrons. The second-order valence-corrected chi connectivity index (χ2v) is 4.65. The quantitative estimate of drug-likeness (QED) is 0.666. The number of hydrogen-bond acceptors (Lipinski definition) is 2. The highest BCUT2D eigenvalue weighted by atomic mass is 15.4. The van der Waals surface area contributed by atoms with E-state index in [1.807, 2.05) is 0 Å². The lowest BCUT2D eigenvalue weighted by Gasteiger charge is -2.22. The number of hydrogen-bond donors (Lipinski definition) is 0. The summed E-state index contributed by atoms with van der Waals surface area (Å²) in [5, 5.41) is 0. The molecular formula is C12H24N2. The molecule has 0 spiro atoms. The van der Waals surface area contributed by atoms with Crippen LogP contribution in [0.1, 0.15) is 40.5 Å². The van der Waals surface area contributed by atoms with Gasteiger partial charge in [0, 0.05) is 19.1 Å². The van der Waals surface area contributed by atoms with E-state index in [4.69, 9.17) is 0 Å². The molecule has 0 amide bonds. The van der Waals surface area contributed by atoms with Gasteiger partial charge in [0.25, 0.3) is 0 Å². The molecule has 2 heteroatoms. The predicted octanol–water partition coefficient (Wildman–Crippen LogP) is 2.44. The molecule has 0 N–H and O–H groups in total. The standard InChI is InChI=1S/C12H24N2/c1-5-7-13-9-12(6-2)14(10-13)8-11(3)4/h11-12H,5-9H2,1-4H3/t12-/m0/s1. The molecule has 0 unspecified atom stereocenters. The molecule has 1 fully saturated rings. The molecule has 0 aliphatic carbocycles. The first-order chi connectivity index (χ1) is 6.67. The Labute approximate surface area is 89.3 Å². The Hall–Kier alpha value is -0.0800. The van der Waals surface area contributed by atoms with Crippen LogP contribution in [0.4, 0.5) is 0 Å². The van der Waals surface area contributed by atoms with Gasteiger partial charge in [0.1, 0.15) is 6.67 Å². The van der Waals surface area contributed by atoms with Gasteiger partial charge in [-0.15, -0.1) is 0 Å². The Kier molecular flexibility index (Phi) is 4.90. The van der Waals surface area contributed by atoms with Crippen LogP contribution >= 0.6 is 0 Å². The molecule has 2 nitrogen and oxygen atoms in total. The first-order valence-corrected chi connectivity index (χ1v) is 5.95. The lowest BCUT2D eigenvalue weighted by molar-refractivity contribution is 0.251. The van der Waals surface area contributed by atoms with E-state index < -0.39 is 0 Å². The third-order valence-corrected chi connectivity index (χ3v) is 2.67. The lowest BCUT2D eigenvalue weighted by atomic mass is 10.1. The Balaban J connectivity index is 2.41. The zero-order chi connectivity index (χ0) is 10.6. The van der Waals surface area contributed by atoms with Gasteiger partial charge in [-0.1, -0.05) is 27.7 Å². The summed E-state index contributed by atoms with van der Waals surface area (Å²) in [7, 11) is 0. The highest BCUT2D eigenvalue weighted by Gasteiger charge is 2.29. The van der Waals surface area contributed by atoms with Gasteiger partial charge >= 0.3 is 0 Å². The van der Waals surface area contributed by atoms with Gasteiger partial charge in [-0.05, 0) is 25.3 Å². The molecule has 1 saturated heterocycles. The third-order valence-electron chi connectivity index (χ3n) is 2.67. The van der Waals surface area contributed by atoms with E-state index in [1.54, 1.807) is 0 Å². The molecule has 0 saturated carbocycles. The maximum absolute atomic E-state index is 3.49. The highest BCUT2D eigenvalue weighted by molar-refractivity contribution is 4.88. The maximum Gasteiger partial charge on any atom is 0.146 e. The molecule has 1 rings (SSSR count). The summed E-state index contributed by atoms with van der Waals surface area (Å²) < 4.78 is 0. The summed E-state index contributed by atoms with van der Waals surface area (Å²) in [6, 6.07) is 0.698. The molecule has 1 aliphatic rings. The number of nitrogens with zero attached hydrogens (tertiary/aromatic N) is 2. The van der Waals surface area contributed by atoms with E-state index in [1.165, 1.54) is 19.4 Å². The van der Waals surface area contributed by atoms with Crippen molar-refractivity contribution in [1.29, 1.82) is 0 Å². The SMILES string of the molecule is CCCN1[C]N(CC(C)C)[C@@H](CC)C1. The minimum absolute atomic E-state index is 0.698. The van der Waals surface area contributed by atoms with E-state index in [0.29, 0.717) is 6.04 Å². The largest absolute Gasteiger partial charge is 0.278 e. The van der Waals surface area contributed by atoms with Gasteiger partial charge < -0.3 is 0 Å². The van der Waals surface area contributed by atoms with Crippen molar-refractivity contribution in [2.75, 3.05) is 19.6 Å². The monoisotopic (exact) mass is 196 g/mol. The van der Waals surface area contributed by atoms with Crippen LogP contribution in [0, 0.1) is 12.6 Å². The van der Waals surface area contributed by atoms with Crippen molar-refractivity contribution in [2.24, 2.45) is 5.92 Å². The van der Waals surface area contributed by atoms with Crippen molar-refractivity contribution in [1.82, 2.24) is 9.80 Å². The van der Waals surface area contributed by atoms with E-state index in [2.05, 4.69) is 44.2 Å². The van der Waals surface area contributed by atoms with Gasteiger partial charge in [0.2, 0.25) is 0 Å². The summed E-state index contributed by atoms with van der Waals surface area (Å²) in [6.45, 7) is 16.0. The van der Waals surface area contributed by atoms with Crippen molar-refractivity contribution in [3.63, 3.8) is 0 Å². The van der Waals surface area contributed by atoms with Gasteiger partial charge in [0.05, 0.1) is 0 Å². The molecule has 2 radical (unpaired) electrons. The van der Waals surface area contributed by atoms with Crippen LogP contribution < -0.4 is 0 Å². The molecule has 0 aromatic rings. The first kappa shape index (κ1) is 12.0. The molecule has 1 heterocycles. The highest BCUT2D eigenvalue weighted by Crippen LogP contribution is 2.20. The van der Waals surface area contributed by atoms with Crippen LogP contribution in [0.15, 0.2) is 0 Å². The number of rotatable bonds is 5. The van der Waals surface area contributed by atoms with E-state index in [-0.39, 0.29) is 0 Å². The van der Waals surface area contributed by atoms with Crippen LogP contribution in [-0.4, -0.2) is 35.5 Å². The van der Waals surface area contributed by atoms with E-state index in [9.17, 15) is 0 Å². The zero-order valence-electron chi connectivity index (χ0n) is 10.1. The molecule has 0 aromatic carbocycles. The summed E-state index contributed by atoms with van der Waals surface area (Å²) in [4.78, 5) is 4.75. The van der Waals surface area contributed by atoms with Crippen molar-refractivity contribution in [3.05, 3.63) is 6.67 Å². The summed E-state index contributed by atoms with van der Waals surface area (Å²) in [5.41, 5.74) is 0. The van der Waals surface area contributed by atoms with Crippen molar-refractivity contribution in [3.8, 4) is 0 Å². The molecule has 14 heavy (non-hydrogen) atoms. The third kappa shape index (κ3) is 3.25. The molecule has 0 aromatic heterocycles. The molecular weight excluding hydrogens is 172 g/mol. The average molecular weight is 196 g/mol. The predicted molar refractivity (Wildman–Crippen MR) is 60.7 cm³/mol. The second-order valence-electron chi connectivity index (χ2n) is 4.65. The Morgan fingerprint density at radius 1 is 1.36 bits per heavy atom. The first-order valence-electron chi connectivity index (χ1n) is 5.95. The van der Waals surface area contributed by atoms with Gasteiger partial charge in [0.15, 0.2) is 0 Å². The second kappa shape index (κ2) is 5.72. The fourth-order valence-electron chi connectivity index (χ4n) is 2.00. The van der Waals surface area contributed by atoms with Gasteiger partial charge in [-0.25, -0.2) is 0 Å². The van der Waals surface area contributed by atoms with Crippen LogP contribution in [0.5, 0.6) is 0 Å². The summed E-state index contributed by atoms with van der Waals surface area (Å²) in [5.74, 6) is 0.734. The van der Waals surface area contributed by atoms with E-state index >= 15 is 0 Å². The summed E-state index contributed by atoms with van der Waals surface area (Å²) in [6.07, 6.45) is 2.46. The topological polar surface area (TPSA) is 6.48 Å². The molecule has 1 atom stereocenters. The maximum atomic E-state index is 3.49. The zero-order valence-corrected chi connectivity index (χ0v) is 10.1. The van der Waals surface area contributed by atoms with Crippen molar-refractivity contribution < 1.29 is 0 Å². The molecule has 0 bridgehead atoms. The Morgan fingerprint density at radius 3 is 2.57 bits per heavy atom. The van der Waals surface area contributed by atoms with Gasteiger partial charge in [-0.3, -0.25) is 9.80 Å². The van der Waals surface area contributed by atoms with Crippen LogP contribution in [-0.2, 0) is 0 Å². The lowest BCUT2D eigenvalue weighted by Crippen LogP contribution is -2.31. The average Bonchev–Trinajstić information content (AvgIpc) is 2.47. The van der Waals surface area contributed by atoms with Crippen LogP contribution in [0.25, 0.3) is 0 Å². The van der Waals surface area contributed by atoms with Crippen molar-refractivity contribution in [2.45, 2.75) is 46.6 Å². The van der Waals surface area contributed by atoms with Crippen LogP contribution in [0.3, 0.4) is 0 Å². The fourth-order valence-corrected chi connectivity index (χ4v) is 2.00. The molecule has 1 aliphatic heterocycles. The van der Waals surface area contributed by atoms with Crippen molar-refractivity contribution >= 4 is 0 Å². The smallest absolute Gasteiger partial charge is 0.146 e. The Bertz CT molecular complexity index is 156. The van der Waals surface area contributed by atoms with E-state index in [0.717, 1.165) is 19.0 Å².